The highest BCUT2D eigenvalue weighted by Crippen LogP contribution is 2.23. The lowest BCUT2D eigenvalue weighted by molar-refractivity contribution is 0.502. The van der Waals surface area contributed by atoms with E-state index in [1.54, 1.807) is 7.05 Å². The number of hydrogen-bond acceptors (Lipinski definition) is 3. The Morgan fingerprint density at radius 1 is 1.38 bits per heavy atom. The molecule has 0 atom stereocenters. The van der Waals surface area contributed by atoms with Crippen LogP contribution >= 0.6 is 0 Å². The molecule has 0 radical (unpaired) electrons. The first-order chi connectivity index (χ1) is 7.72. The van der Waals surface area contributed by atoms with Crippen molar-refractivity contribution in [3.05, 3.63) is 41.8 Å². The van der Waals surface area contributed by atoms with Gasteiger partial charge >= 0.3 is 0 Å². The number of oxazole rings is 1. The van der Waals surface area contributed by atoms with Crippen LogP contribution in [0.1, 0.15) is 5.69 Å². The molecular weight excluding hydrogens is 214 g/mol. The normalized spacial score (nSPS) is 10.7. The summed E-state index contributed by atoms with van der Waals surface area (Å²) in [5.41, 5.74) is 0.670. The maximum absolute atomic E-state index is 13.4. The van der Waals surface area contributed by atoms with Crippen LogP contribution in [0.5, 0.6) is 0 Å². The van der Waals surface area contributed by atoms with Crippen LogP contribution in [0.25, 0.3) is 11.5 Å². The van der Waals surface area contributed by atoms with E-state index in [2.05, 4.69) is 10.3 Å². The first kappa shape index (κ1) is 10.8. The molecule has 0 fully saturated rings. The summed E-state index contributed by atoms with van der Waals surface area (Å²) in [4.78, 5) is 4.04. The topological polar surface area (TPSA) is 38.1 Å². The van der Waals surface area contributed by atoms with Crippen LogP contribution in [0, 0.1) is 11.6 Å². The van der Waals surface area contributed by atoms with Gasteiger partial charge in [0.15, 0.2) is 11.6 Å². The number of rotatable bonds is 3. The van der Waals surface area contributed by atoms with Gasteiger partial charge in [0.05, 0.1) is 11.3 Å². The Morgan fingerprint density at radius 3 is 2.94 bits per heavy atom. The van der Waals surface area contributed by atoms with Gasteiger partial charge in [0, 0.05) is 6.54 Å². The van der Waals surface area contributed by atoms with Crippen molar-refractivity contribution in [3.8, 4) is 11.5 Å². The molecule has 0 unspecified atom stereocenters. The van der Waals surface area contributed by atoms with Crippen molar-refractivity contribution in [2.75, 3.05) is 7.05 Å². The third kappa shape index (κ3) is 1.94. The molecule has 0 bridgehead atoms. The van der Waals surface area contributed by atoms with Crippen molar-refractivity contribution >= 4 is 0 Å². The van der Waals surface area contributed by atoms with Gasteiger partial charge in [0.1, 0.15) is 6.26 Å². The largest absolute Gasteiger partial charge is 0.444 e. The second-order valence-electron chi connectivity index (χ2n) is 3.28. The van der Waals surface area contributed by atoms with Gasteiger partial charge in [-0.1, -0.05) is 6.07 Å². The molecule has 1 heterocycles. The molecule has 1 aromatic carbocycles. The van der Waals surface area contributed by atoms with E-state index in [9.17, 15) is 8.78 Å². The summed E-state index contributed by atoms with van der Waals surface area (Å²) in [6, 6.07) is 3.89. The fourth-order valence-electron chi connectivity index (χ4n) is 1.36. The number of nitrogens with zero attached hydrogens (tertiary/aromatic N) is 1. The predicted molar refractivity (Wildman–Crippen MR) is 54.6 cm³/mol. The van der Waals surface area contributed by atoms with Crippen LogP contribution in [0.4, 0.5) is 8.78 Å². The fourth-order valence-corrected chi connectivity index (χ4v) is 1.36. The van der Waals surface area contributed by atoms with Gasteiger partial charge < -0.3 is 9.73 Å². The second kappa shape index (κ2) is 4.40. The lowest BCUT2D eigenvalue weighted by Gasteiger charge is -1.98. The Labute approximate surface area is 91.1 Å². The standard InChI is InChI=1S/C11H10F2N2O/c1-14-5-7-6-16-11(15-7)8-3-2-4-9(12)10(8)13/h2-4,6,14H,5H2,1H3. The minimum atomic E-state index is -0.944. The molecule has 0 spiro atoms. The van der Waals surface area contributed by atoms with Gasteiger partial charge in [-0.05, 0) is 19.2 Å². The van der Waals surface area contributed by atoms with Crippen molar-refractivity contribution in [2.24, 2.45) is 0 Å². The minimum Gasteiger partial charge on any atom is -0.444 e. The molecular formula is C11H10F2N2O. The average Bonchev–Trinajstić information content (AvgIpc) is 2.71. The van der Waals surface area contributed by atoms with E-state index in [0.29, 0.717) is 12.2 Å². The quantitative estimate of drug-likeness (QED) is 0.869. The van der Waals surface area contributed by atoms with Crippen molar-refractivity contribution in [3.63, 3.8) is 0 Å². The van der Waals surface area contributed by atoms with Crippen LogP contribution in [0.2, 0.25) is 0 Å². The Kier molecular flexibility index (Phi) is 2.96. The highest BCUT2D eigenvalue weighted by Gasteiger charge is 2.14. The van der Waals surface area contributed by atoms with Gasteiger partial charge in [-0.3, -0.25) is 0 Å². The van der Waals surface area contributed by atoms with Gasteiger partial charge in [0.2, 0.25) is 5.89 Å². The Hall–Kier alpha value is -1.75. The van der Waals surface area contributed by atoms with Crippen LogP contribution < -0.4 is 5.32 Å². The Balaban J connectivity index is 2.39. The summed E-state index contributed by atoms with van der Waals surface area (Å²) >= 11 is 0. The molecule has 0 saturated heterocycles. The highest BCUT2D eigenvalue weighted by molar-refractivity contribution is 5.54. The van der Waals surface area contributed by atoms with Crippen LogP contribution in [-0.2, 0) is 6.54 Å². The molecule has 84 valence electrons. The molecule has 16 heavy (non-hydrogen) atoms. The molecule has 0 aliphatic heterocycles. The smallest absolute Gasteiger partial charge is 0.229 e. The minimum absolute atomic E-state index is 0.0300. The summed E-state index contributed by atoms with van der Waals surface area (Å²) in [6.45, 7) is 0.514. The van der Waals surface area contributed by atoms with Gasteiger partial charge in [-0.25, -0.2) is 13.8 Å². The zero-order chi connectivity index (χ0) is 11.5. The molecule has 5 heteroatoms. The fraction of sp³-hybridized carbons (Fsp3) is 0.182. The highest BCUT2D eigenvalue weighted by atomic mass is 19.2. The zero-order valence-electron chi connectivity index (χ0n) is 8.63. The molecule has 1 N–H and O–H groups in total. The van der Waals surface area contributed by atoms with Crippen molar-refractivity contribution in [1.29, 1.82) is 0 Å². The zero-order valence-corrected chi connectivity index (χ0v) is 8.63. The van der Waals surface area contributed by atoms with Gasteiger partial charge in [0.25, 0.3) is 0 Å². The van der Waals surface area contributed by atoms with Crippen LogP contribution in [0.3, 0.4) is 0 Å². The van der Waals surface area contributed by atoms with E-state index in [1.165, 1.54) is 18.4 Å². The van der Waals surface area contributed by atoms with Crippen LogP contribution in [0.15, 0.2) is 28.9 Å². The number of aromatic nitrogens is 1. The van der Waals surface area contributed by atoms with Crippen molar-refractivity contribution in [2.45, 2.75) is 6.54 Å². The number of benzene rings is 1. The maximum atomic E-state index is 13.4. The average molecular weight is 224 g/mol. The van der Waals surface area contributed by atoms with Crippen LogP contribution in [-0.4, -0.2) is 12.0 Å². The van der Waals surface area contributed by atoms with E-state index < -0.39 is 11.6 Å². The van der Waals surface area contributed by atoms with Gasteiger partial charge in [-0.15, -0.1) is 0 Å². The maximum Gasteiger partial charge on any atom is 0.229 e. The summed E-state index contributed by atoms with van der Waals surface area (Å²) < 4.78 is 31.4. The molecule has 0 aliphatic rings. The van der Waals surface area contributed by atoms with Crippen molar-refractivity contribution < 1.29 is 13.2 Å². The van der Waals surface area contributed by atoms with Gasteiger partial charge in [-0.2, -0.15) is 0 Å². The lowest BCUT2D eigenvalue weighted by atomic mass is 10.2. The first-order valence-electron chi connectivity index (χ1n) is 4.75. The molecule has 3 nitrogen and oxygen atoms in total. The Morgan fingerprint density at radius 2 is 2.19 bits per heavy atom. The summed E-state index contributed by atoms with van der Waals surface area (Å²) in [5, 5.41) is 2.88. The number of halogens is 2. The Bertz CT molecular complexity index is 496. The van der Waals surface area contributed by atoms with E-state index in [1.807, 2.05) is 0 Å². The van der Waals surface area contributed by atoms with E-state index in [0.717, 1.165) is 6.07 Å². The number of nitrogens with one attached hydrogen (secondary N) is 1. The SMILES string of the molecule is CNCc1coc(-c2cccc(F)c2F)n1. The molecule has 0 saturated carbocycles. The van der Waals surface area contributed by atoms with E-state index in [-0.39, 0.29) is 11.5 Å². The summed E-state index contributed by atoms with van der Waals surface area (Å²) in [6.07, 6.45) is 1.41. The summed E-state index contributed by atoms with van der Waals surface area (Å²) in [7, 11) is 1.76. The molecule has 1 aromatic heterocycles. The third-order valence-corrected chi connectivity index (χ3v) is 2.09. The van der Waals surface area contributed by atoms with E-state index in [4.69, 9.17) is 4.42 Å². The predicted octanol–water partition coefficient (Wildman–Crippen LogP) is 2.34. The molecule has 0 aliphatic carbocycles. The monoisotopic (exact) mass is 224 g/mol. The third-order valence-electron chi connectivity index (χ3n) is 2.09. The molecule has 2 rings (SSSR count). The summed E-state index contributed by atoms with van der Waals surface area (Å²) in [5.74, 6) is -1.77. The van der Waals surface area contributed by atoms with E-state index >= 15 is 0 Å². The molecule has 2 aromatic rings. The second-order valence-corrected chi connectivity index (χ2v) is 3.28. The first-order valence-corrected chi connectivity index (χ1v) is 4.75. The lowest BCUT2D eigenvalue weighted by Crippen LogP contribution is -2.05. The molecule has 0 amide bonds. The number of hydrogen-bond donors (Lipinski definition) is 1. The van der Waals surface area contributed by atoms with Crippen molar-refractivity contribution in [1.82, 2.24) is 10.3 Å².